The van der Waals surface area contributed by atoms with Gasteiger partial charge in [0.1, 0.15) is 0 Å². The molecule has 0 aromatic heterocycles. The van der Waals surface area contributed by atoms with Crippen molar-refractivity contribution >= 4 is 21.6 Å². The lowest BCUT2D eigenvalue weighted by molar-refractivity contribution is 1.11. The van der Waals surface area contributed by atoms with E-state index in [4.69, 9.17) is 0 Å². The van der Waals surface area contributed by atoms with E-state index in [2.05, 4.69) is 27.7 Å². The van der Waals surface area contributed by atoms with E-state index in [1.807, 2.05) is 21.6 Å². The summed E-state index contributed by atoms with van der Waals surface area (Å²) >= 11 is 0. The predicted octanol–water partition coefficient (Wildman–Crippen LogP) is 3.82. The molecule has 0 fully saturated rings. The second-order valence-corrected chi connectivity index (χ2v) is 5.72. The van der Waals surface area contributed by atoms with Gasteiger partial charge < -0.3 is 0 Å². The molecule has 0 saturated heterocycles. The van der Waals surface area contributed by atoms with Gasteiger partial charge in [0.25, 0.3) is 0 Å². The molecule has 0 aromatic rings. The van der Waals surface area contributed by atoms with Gasteiger partial charge in [0.15, 0.2) is 0 Å². The molecule has 0 heterocycles. The molecule has 0 amide bonds. The summed E-state index contributed by atoms with van der Waals surface area (Å²) in [6, 6.07) is 0. The van der Waals surface area contributed by atoms with Crippen molar-refractivity contribution in [2.75, 3.05) is 0 Å². The maximum absolute atomic E-state index is 2.22. The number of rotatable bonds is 3. The van der Waals surface area contributed by atoms with E-state index in [0.717, 1.165) is 10.5 Å². The van der Waals surface area contributed by atoms with E-state index in [9.17, 15) is 0 Å². The standard InChI is InChI=1S/C6H14S2.CH4/c1-5(2)7-8-6(3)4;/h5-6H,1-4H3;1H4. The minimum Gasteiger partial charge on any atom is -0.0910 e. The van der Waals surface area contributed by atoms with E-state index in [1.54, 1.807) is 0 Å². The second kappa shape index (κ2) is 6.81. The third kappa shape index (κ3) is 12.0. The molecular formula is C7H18S2. The van der Waals surface area contributed by atoms with Gasteiger partial charge in [-0.2, -0.15) is 0 Å². The predicted molar refractivity (Wildman–Crippen MR) is 52.2 cm³/mol. The van der Waals surface area contributed by atoms with Crippen LogP contribution < -0.4 is 0 Å². The van der Waals surface area contributed by atoms with Crippen molar-refractivity contribution in [1.82, 2.24) is 0 Å². The zero-order chi connectivity index (χ0) is 6.57. The molecule has 2 heteroatoms. The number of hydrogen-bond donors (Lipinski definition) is 0. The van der Waals surface area contributed by atoms with E-state index in [-0.39, 0.29) is 7.43 Å². The Morgan fingerprint density at radius 1 is 0.778 bits per heavy atom. The highest BCUT2D eigenvalue weighted by atomic mass is 33.1. The molecular weight excluding hydrogens is 148 g/mol. The highest BCUT2D eigenvalue weighted by molar-refractivity contribution is 8.77. The van der Waals surface area contributed by atoms with Crippen LogP contribution in [-0.2, 0) is 0 Å². The van der Waals surface area contributed by atoms with Crippen LogP contribution in [0.2, 0.25) is 0 Å². The van der Waals surface area contributed by atoms with E-state index < -0.39 is 0 Å². The van der Waals surface area contributed by atoms with Crippen molar-refractivity contribution in [2.24, 2.45) is 0 Å². The Morgan fingerprint density at radius 2 is 1.00 bits per heavy atom. The van der Waals surface area contributed by atoms with Crippen molar-refractivity contribution in [3.05, 3.63) is 0 Å². The zero-order valence-corrected chi connectivity index (χ0v) is 7.60. The van der Waals surface area contributed by atoms with E-state index in [0.29, 0.717) is 0 Å². The molecule has 0 N–H and O–H groups in total. The smallest absolute Gasteiger partial charge is 0.00945 e. The van der Waals surface area contributed by atoms with Gasteiger partial charge in [0.2, 0.25) is 0 Å². The molecule has 0 radical (unpaired) electrons. The second-order valence-electron chi connectivity index (χ2n) is 2.29. The Hall–Kier alpha value is 0.700. The fourth-order valence-electron chi connectivity index (χ4n) is 0.222. The Labute approximate surface area is 67.6 Å². The van der Waals surface area contributed by atoms with Gasteiger partial charge in [0.05, 0.1) is 0 Å². The van der Waals surface area contributed by atoms with Gasteiger partial charge in [-0.25, -0.2) is 0 Å². The summed E-state index contributed by atoms with van der Waals surface area (Å²) in [5.41, 5.74) is 0. The topological polar surface area (TPSA) is 0 Å². The van der Waals surface area contributed by atoms with Crippen molar-refractivity contribution in [3.8, 4) is 0 Å². The summed E-state index contributed by atoms with van der Waals surface area (Å²) in [5.74, 6) is 0. The molecule has 0 saturated carbocycles. The van der Waals surface area contributed by atoms with Gasteiger partial charge in [-0.15, -0.1) is 0 Å². The molecule has 0 spiro atoms. The van der Waals surface area contributed by atoms with Crippen molar-refractivity contribution in [3.63, 3.8) is 0 Å². The molecule has 0 unspecified atom stereocenters. The third-order valence-corrected chi connectivity index (χ3v) is 3.96. The fraction of sp³-hybridized carbons (Fsp3) is 1.00. The highest BCUT2D eigenvalue weighted by Gasteiger charge is 1.96. The SMILES string of the molecule is C.CC(C)SSC(C)C. The van der Waals surface area contributed by atoms with Crippen LogP contribution in [0.4, 0.5) is 0 Å². The third-order valence-electron chi connectivity index (χ3n) is 0.440. The van der Waals surface area contributed by atoms with Gasteiger partial charge in [0, 0.05) is 10.5 Å². The van der Waals surface area contributed by atoms with Crippen molar-refractivity contribution in [2.45, 2.75) is 45.6 Å². The monoisotopic (exact) mass is 166 g/mol. The van der Waals surface area contributed by atoms with Crippen LogP contribution in [0, 0.1) is 0 Å². The number of hydrogen-bond acceptors (Lipinski definition) is 2. The van der Waals surface area contributed by atoms with Crippen LogP contribution >= 0.6 is 21.6 Å². The molecule has 0 aliphatic heterocycles. The maximum Gasteiger partial charge on any atom is 0.00945 e. The maximum atomic E-state index is 2.22. The molecule has 0 nitrogen and oxygen atoms in total. The summed E-state index contributed by atoms with van der Waals surface area (Å²) in [5, 5.41) is 1.53. The van der Waals surface area contributed by atoms with Gasteiger partial charge in [-0.05, 0) is 0 Å². The van der Waals surface area contributed by atoms with E-state index >= 15 is 0 Å². The molecule has 0 aromatic carbocycles. The molecule has 0 aliphatic carbocycles. The Kier molecular flexibility index (Phi) is 9.38. The first kappa shape index (κ1) is 12.4. The van der Waals surface area contributed by atoms with Gasteiger partial charge >= 0.3 is 0 Å². The quantitative estimate of drug-likeness (QED) is 0.585. The Morgan fingerprint density at radius 3 is 1.11 bits per heavy atom. The minimum atomic E-state index is 0. The molecule has 0 bridgehead atoms. The molecule has 9 heavy (non-hydrogen) atoms. The first-order chi connectivity index (χ1) is 3.63. The Balaban J connectivity index is 0. The first-order valence-electron chi connectivity index (χ1n) is 2.95. The summed E-state index contributed by atoms with van der Waals surface area (Å²) in [7, 11) is 3.91. The van der Waals surface area contributed by atoms with Crippen LogP contribution in [-0.4, -0.2) is 10.5 Å². The average Bonchev–Trinajstić information content (AvgIpc) is 1.61. The van der Waals surface area contributed by atoms with Crippen LogP contribution in [0.5, 0.6) is 0 Å². The normalized spacial score (nSPS) is 10.0. The molecule has 0 aliphatic rings. The van der Waals surface area contributed by atoms with Crippen molar-refractivity contribution < 1.29 is 0 Å². The van der Waals surface area contributed by atoms with Crippen LogP contribution in [0.3, 0.4) is 0 Å². The van der Waals surface area contributed by atoms with Crippen LogP contribution in [0.25, 0.3) is 0 Å². The lowest BCUT2D eigenvalue weighted by atomic mass is 10.6. The summed E-state index contributed by atoms with van der Waals surface area (Å²) in [6.07, 6.45) is 0. The molecule has 0 atom stereocenters. The molecule has 58 valence electrons. The van der Waals surface area contributed by atoms with E-state index in [1.165, 1.54) is 0 Å². The molecule has 0 rings (SSSR count). The summed E-state index contributed by atoms with van der Waals surface area (Å²) in [6.45, 7) is 8.89. The largest absolute Gasteiger partial charge is 0.0910 e. The van der Waals surface area contributed by atoms with Crippen LogP contribution in [0.15, 0.2) is 0 Å². The van der Waals surface area contributed by atoms with Gasteiger partial charge in [-0.3, -0.25) is 0 Å². The summed E-state index contributed by atoms with van der Waals surface area (Å²) in [4.78, 5) is 0. The van der Waals surface area contributed by atoms with Gasteiger partial charge in [-0.1, -0.05) is 56.7 Å². The average molecular weight is 166 g/mol. The Bertz CT molecular complexity index is 42.9. The summed E-state index contributed by atoms with van der Waals surface area (Å²) < 4.78 is 0. The highest BCUT2D eigenvalue weighted by Crippen LogP contribution is 2.29. The van der Waals surface area contributed by atoms with Crippen molar-refractivity contribution in [1.29, 1.82) is 0 Å². The minimum absolute atomic E-state index is 0. The first-order valence-corrected chi connectivity index (χ1v) is 5.22. The fourth-order valence-corrected chi connectivity index (χ4v) is 2.00. The van der Waals surface area contributed by atoms with Crippen LogP contribution in [0.1, 0.15) is 35.1 Å². The lowest BCUT2D eigenvalue weighted by Gasteiger charge is -2.04. The zero-order valence-electron chi connectivity index (χ0n) is 5.97. The lowest BCUT2D eigenvalue weighted by Crippen LogP contribution is -1.86.